The molecule has 1 aromatic carbocycles. The summed E-state index contributed by atoms with van der Waals surface area (Å²) in [6, 6.07) is 8.82. The Hall–Kier alpha value is -1.82. The van der Waals surface area contributed by atoms with Crippen molar-refractivity contribution in [2.45, 2.75) is 12.5 Å². The molecular formula is C13H12F2NO3-. The fourth-order valence-corrected chi connectivity index (χ4v) is 2.16. The van der Waals surface area contributed by atoms with E-state index in [1.54, 1.807) is 30.3 Å². The summed E-state index contributed by atoms with van der Waals surface area (Å²) in [6.45, 7) is -0.830. The summed E-state index contributed by atoms with van der Waals surface area (Å²) in [4.78, 5) is 23.3. The van der Waals surface area contributed by atoms with E-state index in [9.17, 15) is 23.5 Å². The number of halogens is 2. The van der Waals surface area contributed by atoms with Gasteiger partial charge in [-0.1, -0.05) is 30.3 Å². The van der Waals surface area contributed by atoms with Crippen molar-refractivity contribution < 1.29 is 23.5 Å². The normalized spacial score (nSPS) is 23.3. The van der Waals surface area contributed by atoms with Gasteiger partial charge >= 0.3 is 5.92 Å². The summed E-state index contributed by atoms with van der Waals surface area (Å²) in [7, 11) is 0. The van der Waals surface area contributed by atoms with Crippen molar-refractivity contribution in [3.63, 3.8) is 0 Å². The number of aliphatic carboxylic acids is 1. The standard InChI is InChI=1S/C13H13F2NO3/c14-13(15)8-16(6-9-4-2-1-3-5-9)7-10(11(13)17)12(18)19/h1-5,10H,6-8H2,(H,18,19)/p-1. The van der Waals surface area contributed by atoms with Crippen LogP contribution in [0, 0.1) is 5.92 Å². The van der Waals surface area contributed by atoms with E-state index in [1.165, 1.54) is 4.90 Å². The zero-order chi connectivity index (χ0) is 14.0. The summed E-state index contributed by atoms with van der Waals surface area (Å²) in [5.41, 5.74) is 0.782. The summed E-state index contributed by atoms with van der Waals surface area (Å²) in [5, 5.41) is 10.8. The number of benzene rings is 1. The zero-order valence-corrected chi connectivity index (χ0v) is 10.0. The quantitative estimate of drug-likeness (QED) is 0.728. The van der Waals surface area contributed by atoms with Crippen LogP contribution in [0.2, 0.25) is 0 Å². The van der Waals surface area contributed by atoms with Gasteiger partial charge in [0.25, 0.3) is 0 Å². The van der Waals surface area contributed by atoms with Gasteiger partial charge in [0.2, 0.25) is 5.78 Å². The minimum Gasteiger partial charge on any atom is -0.549 e. The number of nitrogens with zero attached hydrogens (tertiary/aromatic N) is 1. The number of likely N-dealkylation sites (tertiary alicyclic amines) is 1. The van der Waals surface area contributed by atoms with E-state index in [2.05, 4.69) is 0 Å². The Morgan fingerprint density at radius 2 is 2.00 bits per heavy atom. The Balaban J connectivity index is 2.15. The van der Waals surface area contributed by atoms with Crippen molar-refractivity contribution in [2.24, 2.45) is 5.92 Å². The number of rotatable bonds is 3. The van der Waals surface area contributed by atoms with Crippen LogP contribution >= 0.6 is 0 Å². The molecule has 1 aromatic rings. The molecule has 0 N–H and O–H groups in total. The van der Waals surface area contributed by atoms with Gasteiger partial charge in [-0.15, -0.1) is 0 Å². The Morgan fingerprint density at radius 3 is 2.58 bits per heavy atom. The van der Waals surface area contributed by atoms with Crippen LogP contribution in [0.3, 0.4) is 0 Å². The van der Waals surface area contributed by atoms with Gasteiger partial charge in [0.15, 0.2) is 0 Å². The molecule has 0 aliphatic carbocycles. The molecule has 4 nitrogen and oxygen atoms in total. The van der Waals surface area contributed by atoms with Gasteiger partial charge < -0.3 is 9.90 Å². The number of hydrogen-bond acceptors (Lipinski definition) is 4. The van der Waals surface area contributed by atoms with E-state index >= 15 is 0 Å². The van der Waals surface area contributed by atoms with E-state index in [0.717, 1.165) is 5.56 Å². The molecule has 102 valence electrons. The summed E-state index contributed by atoms with van der Waals surface area (Å²) in [5.74, 6) is -8.72. The number of carbonyl (C=O) groups excluding carboxylic acids is 2. The highest BCUT2D eigenvalue weighted by Gasteiger charge is 2.49. The van der Waals surface area contributed by atoms with E-state index < -0.39 is 30.1 Å². The van der Waals surface area contributed by atoms with Crippen molar-refractivity contribution in [2.75, 3.05) is 13.1 Å². The van der Waals surface area contributed by atoms with Crippen LogP contribution in [0.5, 0.6) is 0 Å². The molecule has 0 bridgehead atoms. The number of alkyl halides is 2. The van der Waals surface area contributed by atoms with Crippen molar-refractivity contribution in [1.29, 1.82) is 0 Å². The third kappa shape index (κ3) is 2.96. The molecule has 1 fully saturated rings. The molecule has 0 saturated carbocycles. The monoisotopic (exact) mass is 268 g/mol. The molecule has 6 heteroatoms. The van der Waals surface area contributed by atoms with Crippen LogP contribution in [0.25, 0.3) is 0 Å². The molecule has 1 heterocycles. The van der Waals surface area contributed by atoms with Crippen LogP contribution in [0.4, 0.5) is 8.78 Å². The largest absolute Gasteiger partial charge is 0.549 e. The molecule has 1 unspecified atom stereocenters. The lowest BCUT2D eigenvalue weighted by molar-refractivity contribution is -0.312. The second kappa shape index (κ2) is 5.05. The SMILES string of the molecule is O=C([O-])C1CN(Cc2ccccc2)CC(F)(F)C1=O. The van der Waals surface area contributed by atoms with Crippen molar-refractivity contribution >= 4 is 11.8 Å². The molecule has 1 aliphatic rings. The number of Topliss-reactive ketones (excluding diaryl/α,β-unsaturated/α-hetero) is 1. The van der Waals surface area contributed by atoms with Crippen LogP contribution in [-0.2, 0) is 16.1 Å². The fourth-order valence-electron chi connectivity index (χ4n) is 2.16. The smallest absolute Gasteiger partial charge is 0.318 e. The van der Waals surface area contributed by atoms with Crippen LogP contribution in [0.1, 0.15) is 5.56 Å². The van der Waals surface area contributed by atoms with Crippen molar-refractivity contribution in [3.8, 4) is 0 Å². The lowest BCUT2D eigenvalue weighted by Crippen LogP contribution is -2.58. The average molecular weight is 268 g/mol. The first-order valence-electron chi connectivity index (χ1n) is 5.79. The first kappa shape index (κ1) is 13.6. The van der Waals surface area contributed by atoms with Gasteiger partial charge in [-0.3, -0.25) is 9.69 Å². The summed E-state index contributed by atoms with van der Waals surface area (Å²) < 4.78 is 27.0. The highest BCUT2D eigenvalue weighted by Crippen LogP contribution is 2.27. The molecule has 2 rings (SSSR count). The molecule has 0 aromatic heterocycles. The minimum atomic E-state index is -3.64. The maximum atomic E-state index is 13.5. The van der Waals surface area contributed by atoms with E-state index in [-0.39, 0.29) is 13.1 Å². The predicted octanol–water partition coefficient (Wildman–Crippen LogP) is 0.0727. The van der Waals surface area contributed by atoms with Gasteiger partial charge in [-0.2, -0.15) is 8.78 Å². The second-order valence-electron chi connectivity index (χ2n) is 4.60. The molecule has 0 radical (unpaired) electrons. The molecular weight excluding hydrogens is 256 g/mol. The number of carbonyl (C=O) groups is 2. The van der Waals surface area contributed by atoms with E-state index in [4.69, 9.17) is 0 Å². The third-order valence-corrected chi connectivity index (χ3v) is 3.07. The number of carboxylic acid groups (broad SMARTS) is 1. The average Bonchev–Trinajstić information content (AvgIpc) is 2.34. The lowest BCUT2D eigenvalue weighted by atomic mass is 9.93. The Labute approximate surface area is 108 Å². The molecule has 0 spiro atoms. The number of carboxylic acids is 1. The summed E-state index contributed by atoms with van der Waals surface area (Å²) >= 11 is 0. The first-order valence-corrected chi connectivity index (χ1v) is 5.79. The van der Waals surface area contributed by atoms with Gasteiger partial charge in [0.05, 0.1) is 18.4 Å². The summed E-state index contributed by atoms with van der Waals surface area (Å²) in [6.07, 6.45) is 0. The fraction of sp³-hybridized carbons (Fsp3) is 0.385. The molecule has 0 amide bonds. The topological polar surface area (TPSA) is 60.4 Å². The maximum absolute atomic E-state index is 13.5. The highest BCUT2D eigenvalue weighted by molar-refractivity contribution is 6.02. The van der Waals surface area contributed by atoms with Gasteiger partial charge in [0.1, 0.15) is 0 Å². The van der Waals surface area contributed by atoms with Gasteiger partial charge in [-0.25, -0.2) is 0 Å². The van der Waals surface area contributed by atoms with E-state index in [1.807, 2.05) is 0 Å². The van der Waals surface area contributed by atoms with Crippen molar-refractivity contribution in [3.05, 3.63) is 35.9 Å². The maximum Gasteiger partial charge on any atom is 0.318 e. The molecule has 1 saturated heterocycles. The lowest BCUT2D eigenvalue weighted by Gasteiger charge is -2.36. The van der Waals surface area contributed by atoms with Crippen molar-refractivity contribution in [1.82, 2.24) is 4.90 Å². The Kier molecular flexibility index (Phi) is 3.61. The molecule has 19 heavy (non-hydrogen) atoms. The van der Waals surface area contributed by atoms with E-state index in [0.29, 0.717) is 0 Å². The second-order valence-corrected chi connectivity index (χ2v) is 4.60. The van der Waals surface area contributed by atoms with Gasteiger partial charge in [0, 0.05) is 13.1 Å². The van der Waals surface area contributed by atoms with Crippen LogP contribution in [-0.4, -0.2) is 35.7 Å². The first-order chi connectivity index (χ1) is 8.90. The molecule has 1 atom stereocenters. The Morgan fingerprint density at radius 1 is 1.37 bits per heavy atom. The minimum absolute atomic E-state index is 0.174. The Bertz CT molecular complexity index is 490. The zero-order valence-electron chi connectivity index (χ0n) is 10.0. The van der Waals surface area contributed by atoms with Crippen LogP contribution < -0.4 is 5.11 Å². The number of piperidine rings is 1. The number of hydrogen-bond donors (Lipinski definition) is 0. The van der Waals surface area contributed by atoms with Gasteiger partial charge in [-0.05, 0) is 5.56 Å². The van der Waals surface area contributed by atoms with Crippen LogP contribution in [0.15, 0.2) is 30.3 Å². The highest BCUT2D eigenvalue weighted by atomic mass is 19.3. The predicted molar refractivity (Wildman–Crippen MR) is 60.2 cm³/mol. The number of ketones is 1. The third-order valence-electron chi connectivity index (χ3n) is 3.07. The molecule has 1 aliphatic heterocycles.